The Morgan fingerprint density at radius 3 is 2.67 bits per heavy atom. The van der Waals surface area contributed by atoms with E-state index in [0.717, 1.165) is 12.8 Å². The van der Waals surface area contributed by atoms with Gasteiger partial charge < -0.3 is 10.1 Å². The summed E-state index contributed by atoms with van der Waals surface area (Å²) in [7, 11) is 0. The molecule has 0 spiro atoms. The highest BCUT2D eigenvalue weighted by Crippen LogP contribution is 2.30. The molecule has 2 N–H and O–H groups in total. The van der Waals surface area contributed by atoms with Gasteiger partial charge in [0.2, 0.25) is 5.91 Å². The van der Waals surface area contributed by atoms with E-state index in [0.29, 0.717) is 9.53 Å². The van der Waals surface area contributed by atoms with Gasteiger partial charge in [-0.1, -0.05) is 16.9 Å². The number of carbonyl (C=O) groups excluding carboxylic acids is 2. The highest BCUT2D eigenvalue weighted by atomic mass is 32.2. The molecule has 0 aromatic carbocycles. The molecule has 0 unspecified atom stereocenters. The lowest BCUT2D eigenvalue weighted by molar-refractivity contribution is -0.119. The minimum atomic E-state index is -0.435. The number of imide groups is 1. The number of thioether (sulfide) groups is 1. The van der Waals surface area contributed by atoms with Crippen LogP contribution in [0.5, 0.6) is 5.19 Å². The molecule has 1 aromatic rings. The summed E-state index contributed by atoms with van der Waals surface area (Å²) in [5, 5.41) is 12.9. The van der Waals surface area contributed by atoms with Crippen LogP contribution in [0, 0.1) is 0 Å². The zero-order chi connectivity index (χ0) is 15.4. The van der Waals surface area contributed by atoms with Crippen molar-refractivity contribution in [3.05, 3.63) is 0 Å². The van der Waals surface area contributed by atoms with Crippen molar-refractivity contribution in [2.45, 2.75) is 55.3 Å². The predicted octanol–water partition coefficient (Wildman–Crippen LogP) is 1.79. The normalized spacial score (nSPS) is 15.6. The van der Waals surface area contributed by atoms with Crippen LogP contribution in [0.4, 0.5) is 4.79 Å². The van der Waals surface area contributed by atoms with Gasteiger partial charge in [0.15, 0.2) is 4.34 Å². The molecule has 7 nitrogen and oxygen atoms in total. The molecule has 0 saturated heterocycles. The first kappa shape index (κ1) is 16.0. The maximum Gasteiger partial charge on any atom is 0.321 e. The van der Waals surface area contributed by atoms with E-state index in [1.807, 2.05) is 13.8 Å². The van der Waals surface area contributed by atoms with Crippen LogP contribution < -0.4 is 15.4 Å². The number of urea groups is 1. The highest BCUT2D eigenvalue weighted by molar-refractivity contribution is 8.02. The van der Waals surface area contributed by atoms with Gasteiger partial charge in [0.25, 0.3) is 5.19 Å². The van der Waals surface area contributed by atoms with Crippen molar-refractivity contribution < 1.29 is 14.3 Å². The molecule has 1 heterocycles. The Morgan fingerprint density at radius 2 is 2.05 bits per heavy atom. The SMILES string of the molecule is CC(C)Oc1nnc(S[C@@H](C)C(=O)NC(=O)NC2CC2)s1. The van der Waals surface area contributed by atoms with Crippen LogP contribution in [0.15, 0.2) is 4.34 Å². The highest BCUT2D eigenvalue weighted by Gasteiger charge is 2.25. The van der Waals surface area contributed by atoms with Gasteiger partial charge in [0, 0.05) is 6.04 Å². The minimum absolute atomic E-state index is 0.0302. The van der Waals surface area contributed by atoms with Gasteiger partial charge in [-0.15, -0.1) is 5.10 Å². The van der Waals surface area contributed by atoms with E-state index in [-0.39, 0.29) is 18.1 Å². The predicted molar refractivity (Wildman–Crippen MR) is 80.7 cm³/mol. The molecule has 2 rings (SSSR count). The molecule has 3 amide bonds. The van der Waals surface area contributed by atoms with E-state index in [1.165, 1.54) is 23.1 Å². The average Bonchev–Trinajstić information content (AvgIpc) is 3.08. The summed E-state index contributed by atoms with van der Waals surface area (Å²) in [5.74, 6) is -0.348. The molecule has 0 radical (unpaired) electrons. The maximum atomic E-state index is 11.9. The van der Waals surface area contributed by atoms with Crippen molar-refractivity contribution in [1.29, 1.82) is 0 Å². The molecule has 0 aliphatic heterocycles. The van der Waals surface area contributed by atoms with Gasteiger partial charge in [0.1, 0.15) is 0 Å². The van der Waals surface area contributed by atoms with E-state index in [1.54, 1.807) is 6.92 Å². The number of hydrogen-bond donors (Lipinski definition) is 2. The Morgan fingerprint density at radius 1 is 1.33 bits per heavy atom. The summed E-state index contributed by atoms with van der Waals surface area (Å²) in [4.78, 5) is 23.4. The Balaban J connectivity index is 1.79. The molecule has 1 aromatic heterocycles. The number of carbonyl (C=O) groups is 2. The number of nitrogens with one attached hydrogen (secondary N) is 2. The standard InChI is InChI=1S/C12H18N4O3S2/c1-6(2)19-11-15-16-12(21-11)20-7(3)9(17)14-10(18)13-8-4-5-8/h6-8H,4-5H2,1-3H3,(H2,13,14,17,18)/t7-/m0/s1. The fourth-order valence-corrected chi connectivity index (χ4v) is 3.31. The maximum absolute atomic E-state index is 11.9. The van der Waals surface area contributed by atoms with Gasteiger partial charge in [-0.3, -0.25) is 10.1 Å². The summed E-state index contributed by atoms with van der Waals surface area (Å²) in [6.07, 6.45) is 1.99. The number of aromatic nitrogens is 2. The first-order valence-electron chi connectivity index (χ1n) is 6.72. The summed E-state index contributed by atoms with van der Waals surface area (Å²) < 4.78 is 6.05. The zero-order valence-corrected chi connectivity index (χ0v) is 13.7. The molecule has 1 saturated carbocycles. The van der Waals surface area contributed by atoms with Crippen molar-refractivity contribution in [3.8, 4) is 5.19 Å². The second-order valence-corrected chi connectivity index (χ2v) is 7.53. The lowest BCUT2D eigenvalue weighted by atomic mass is 10.4. The van der Waals surface area contributed by atoms with Crippen LogP contribution in [0.2, 0.25) is 0 Å². The summed E-state index contributed by atoms with van der Waals surface area (Å²) in [6.45, 7) is 5.53. The summed E-state index contributed by atoms with van der Waals surface area (Å²) in [5.41, 5.74) is 0. The average molecular weight is 330 g/mol. The van der Waals surface area contributed by atoms with Crippen molar-refractivity contribution in [2.75, 3.05) is 0 Å². The Hall–Kier alpha value is -1.35. The van der Waals surface area contributed by atoms with Gasteiger partial charge in [-0.2, -0.15) is 0 Å². The molecule has 21 heavy (non-hydrogen) atoms. The quantitative estimate of drug-likeness (QED) is 0.773. The van der Waals surface area contributed by atoms with E-state index < -0.39 is 11.3 Å². The Labute approximate surface area is 131 Å². The molecule has 0 bridgehead atoms. The van der Waals surface area contributed by atoms with E-state index in [4.69, 9.17) is 4.74 Å². The van der Waals surface area contributed by atoms with E-state index in [9.17, 15) is 9.59 Å². The molecular formula is C12H18N4O3S2. The van der Waals surface area contributed by atoms with E-state index >= 15 is 0 Å². The smallest absolute Gasteiger partial charge is 0.321 e. The van der Waals surface area contributed by atoms with Crippen molar-refractivity contribution in [3.63, 3.8) is 0 Å². The van der Waals surface area contributed by atoms with Gasteiger partial charge in [0.05, 0.1) is 11.4 Å². The second kappa shape index (κ2) is 7.08. The summed E-state index contributed by atoms with van der Waals surface area (Å²) in [6, 6.07) is -0.212. The molecule has 1 aliphatic carbocycles. The number of hydrogen-bond acceptors (Lipinski definition) is 7. The zero-order valence-electron chi connectivity index (χ0n) is 12.1. The van der Waals surface area contributed by atoms with Crippen LogP contribution in [-0.2, 0) is 4.79 Å². The molecule has 9 heteroatoms. The molecule has 116 valence electrons. The van der Waals surface area contributed by atoms with Gasteiger partial charge in [-0.05, 0) is 44.9 Å². The molecule has 1 aliphatic rings. The van der Waals surface area contributed by atoms with Crippen LogP contribution in [0.1, 0.15) is 33.6 Å². The largest absolute Gasteiger partial charge is 0.466 e. The second-order valence-electron chi connectivity index (χ2n) is 5.00. The van der Waals surface area contributed by atoms with Crippen LogP contribution in [0.3, 0.4) is 0 Å². The number of nitrogens with zero attached hydrogens (tertiary/aromatic N) is 2. The Kier molecular flexibility index (Phi) is 5.40. The van der Waals surface area contributed by atoms with Crippen molar-refractivity contribution in [2.24, 2.45) is 0 Å². The van der Waals surface area contributed by atoms with Crippen LogP contribution in [-0.4, -0.2) is 39.5 Å². The third kappa shape index (κ3) is 5.50. The lowest BCUT2D eigenvalue weighted by Gasteiger charge is -2.09. The van der Waals surface area contributed by atoms with Crippen molar-refractivity contribution in [1.82, 2.24) is 20.8 Å². The van der Waals surface area contributed by atoms with Gasteiger partial charge >= 0.3 is 6.03 Å². The minimum Gasteiger partial charge on any atom is -0.466 e. The fraction of sp³-hybridized carbons (Fsp3) is 0.667. The topological polar surface area (TPSA) is 93.2 Å². The van der Waals surface area contributed by atoms with Crippen molar-refractivity contribution >= 4 is 35.0 Å². The molecule has 1 fully saturated rings. The number of amides is 3. The molecular weight excluding hydrogens is 312 g/mol. The van der Waals surface area contributed by atoms with Gasteiger partial charge in [-0.25, -0.2) is 4.79 Å². The molecule has 1 atom stereocenters. The van der Waals surface area contributed by atoms with Crippen LogP contribution in [0.25, 0.3) is 0 Å². The lowest BCUT2D eigenvalue weighted by Crippen LogP contribution is -2.43. The third-order valence-electron chi connectivity index (χ3n) is 2.52. The first-order chi connectivity index (χ1) is 9.94. The fourth-order valence-electron chi connectivity index (χ4n) is 1.36. The number of rotatable bonds is 6. The Bertz CT molecular complexity index is 516. The van der Waals surface area contributed by atoms with Crippen LogP contribution >= 0.6 is 23.1 Å². The summed E-state index contributed by atoms with van der Waals surface area (Å²) >= 11 is 2.53. The monoisotopic (exact) mass is 330 g/mol. The third-order valence-corrected chi connectivity index (χ3v) is 4.52. The number of ether oxygens (including phenoxy) is 1. The first-order valence-corrected chi connectivity index (χ1v) is 8.42. The van der Waals surface area contributed by atoms with E-state index in [2.05, 4.69) is 20.8 Å².